The van der Waals surface area contributed by atoms with Crippen molar-refractivity contribution in [3.63, 3.8) is 0 Å². The van der Waals surface area contributed by atoms with Gasteiger partial charge in [-0.25, -0.2) is 4.39 Å². The summed E-state index contributed by atoms with van der Waals surface area (Å²) in [6.07, 6.45) is 2.18. The Labute approximate surface area is 145 Å². The number of anilines is 1. The molecule has 0 radical (unpaired) electrons. The molecule has 0 saturated carbocycles. The number of rotatable bonds is 2. The van der Waals surface area contributed by atoms with Crippen LogP contribution in [0.3, 0.4) is 0 Å². The highest BCUT2D eigenvalue weighted by atomic mass is 19.1. The maximum Gasteiger partial charge on any atom is 0.254 e. The molecule has 128 valence electrons. The molecule has 0 bridgehead atoms. The molecule has 2 heterocycles. The van der Waals surface area contributed by atoms with Crippen molar-refractivity contribution in [2.75, 3.05) is 18.0 Å². The Hall–Kier alpha value is -2.69. The summed E-state index contributed by atoms with van der Waals surface area (Å²) in [5.41, 5.74) is 2.22. The van der Waals surface area contributed by atoms with Crippen LogP contribution in [-0.2, 0) is 11.2 Å². The molecule has 5 heteroatoms. The normalized spacial score (nSPS) is 19.2. The molecule has 0 N–H and O–H groups in total. The predicted octanol–water partition coefficient (Wildman–Crippen LogP) is 3.02. The van der Waals surface area contributed by atoms with Gasteiger partial charge in [0, 0.05) is 24.3 Å². The van der Waals surface area contributed by atoms with Crippen LogP contribution in [0.2, 0.25) is 0 Å². The monoisotopic (exact) mass is 338 g/mol. The SMILES string of the molecule is O=C(C1CCCN1C(=O)c1ccccc1)N1CCc2ccc(F)cc21. The van der Waals surface area contributed by atoms with E-state index in [1.807, 2.05) is 18.2 Å². The number of likely N-dealkylation sites (tertiary alicyclic amines) is 1. The standard InChI is InChI=1S/C20H19FN2O2/c21-16-9-8-14-10-12-23(18(14)13-16)20(25)17-7-4-11-22(17)19(24)15-5-2-1-3-6-15/h1-3,5-6,8-9,13,17H,4,7,10-12H2. The van der Waals surface area contributed by atoms with Gasteiger partial charge in [0.25, 0.3) is 5.91 Å². The molecule has 4 rings (SSSR count). The second kappa shape index (κ2) is 6.31. The Morgan fingerprint density at radius 2 is 1.84 bits per heavy atom. The molecule has 4 nitrogen and oxygen atoms in total. The Kier molecular flexibility index (Phi) is 3.99. The van der Waals surface area contributed by atoms with Crippen LogP contribution in [0.5, 0.6) is 0 Å². The lowest BCUT2D eigenvalue weighted by atomic mass is 10.1. The zero-order valence-electron chi connectivity index (χ0n) is 13.8. The number of carbonyl (C=O) groups is 2. The molecule has 1 unspecified atom stereocenters. The van der Waals surface area contributed by atoms with E-state index in [2.05, 4.69) is 0 Å². The van der Waals surface area contributed by atoms with E-state index >= 15 is 0 Å². The van der Waals surface area contributed by atoms with Crippen molar-refractivity contribution in [1.29, 1.82) is 0 Å². The highest BCUT2D eigenvalue weighted by Crippen LogP contribution is 2.31. The third-order valence-electron chi connectivity index (χ3n) is 5.03. The van der Waals surface area contributed by atoms with E-state index in [0.717, 1.165) is 18.4 Å². The van der Waals surface area contributed by atoms with Gasteiger partial charge in [-0.3, -0.25) is 9.59 Å². The summed E-state index contributed by atoms with van der Waals surface area (Å²) in [4.78, 5) is 29.1. The number of hydrogen-bond donors (Lipinski definition) is 0. The number of fused-ring (bicyclic) bond motifs is 1. The molecule has 0 aliphatic carbocycles. The molecule has 2 amide bonds. The summed E-state index contributed by atoms with van der Waals surface area (Å²) in [6.45, 7) is 1.12. The average Bonchev–Trinajstić information content (AvgIpc) is 3.28. The van der Waals surface area contributed by atoms with Crippen LogP contribution in [0.4, 0.5) is 10.1 Å². The van der Waals surface area contributed by atoms with Crippen molar-refractivity contribution in [3.8, 4) is 0 Å². The van der Waals surface area contributed by atoms with E-state index in [1.54, 1.807) is 28.0 Å². The van der Waals surface area contributed by atoms with Gasteiger partial charge in [-0.15, -0.1) is 0 Å². The maximum absolute atomic E-state index is 13.6. The maximum atomic E-state index is 13.6. The van der Waals surface area contributed by atoms with Gasteiger partial charge < -0.3 is 9.80 Å². The van der Waals surface area contributed by atoms with E-state index in [1.165, 1.54) is 12.1 Å². The topological polar surface area (TPSA) is 40.6 Å². The van der Waals surface area contributed by atoms with Crippen molar-refractivity contribution in [3.05, 3.63) is 65.5 Å². The van der Waals surface area contributed by atoms with Crippen LogP contribution in [0.15, 0.2) is 48.5 Å². The Balaban J connectivity index is 1.58. The van der Waals surface area contributed by atoms with E-state index in [9.17, 15) is 14.0 Å². The van der Waals surface area contributed by atoms with Crippen LogP contribution in [0, 0.1) is 5.82 Å². The van der Waals surface area contributed by atoms with Crippen LogP contribution in [-0.4, -0.2) is 35.8 Å². The third-order valence-corrected chi connectivity index (χ3v) is 5.03. The van der Waals surface area contributed by atoms with E-state index in [0.29, 0.717) is 30.8 Å². The molecule has 1 saturated heterocycles. The fraction of sp³-hybridized carbons (Fsp3) is 0.300. The largest absolute Gasteiger partial charge is 0.327 e. The first-order valence-electron chi connectivity index (χ1n) is 8.61. The van der Waals surface area contributed by atoms with Crippen molar-refractivity contribution >= 4 is 17.5 Å². The van der Waals surface area contributed by atoms with Gasteiger partial charge in [0.1, 0.15) is 11.9 Å². The Morgan fingerprint density at radius 3 is 2.64 bits per heavy atom. The van der Waals surface area contributed by atoms with Crippen LogP contribution in [0.1, 0.15) is 28.8 Å². The average molecular weight is 338 g/mol. The van der Waals surface area contributed by atoms with Gasteiger partial charge in [0.15, 0.2) is 0 Å². The zero-order chi connectivity index (χ0) is 17.4. The summed E-state index contributed by atoms with van der Waals surface area (Å²) in [5, 5.41) is 0. The minimum Gasteiger partial charge on any atom is -0.327 e. The summed E-state index contributed by atoms with van der Waals surface area (Å²) in [7, 11) is 0. The molecule has 25 heavy (non-hydrogen) atoms. The molecule has 2 aliphatic rings. The number of benzene rings is 2. The van der Waals surface area contributed by atoms with E-state index in [-0.39, 0.29) is 17.6 Å². The van der Waals surface area contributed by atoms with Gasteiger partial charge in [0.2, 0.25) is 5.91 Å². The fourth-order valence-corrected chi connectivity index (χ4v) is 3.77. The predicted molar refractivity (Wildman–Crippen MR) is 93.0 cm³/mol. The lowest BCUT2D eigenvalue weighted by molar-refractivity contribution is -0.122. The first-order chi connectivity index (χ1) is 12.1. The van der Waals surface area contributed by atoms with Crippen LogP contribution < -0.4 is 4.90 Å². The number of hydrogen-bond acceptors (Lipinski definition) is 2. The van der Waals surface area contributed by atoms with Gasteiger partial charge in [-0.1, -0.05) is 24.3 Å². The molecule has 0 aromatic heterocycles. The molecular weight excluding hydrogens is 319 g/mol. The smallest absolute Gasteiger partial charge is 0.254 e. The first kappa shape index (κ1) is 15.8. The highest BCUT2D eigenvalue weighted by Gasteiger charge is 2.39. The first-order valence-corrected chi connectivity index (χ1v) is 8.61. The Bertz CT molecular complexity index is 822. The molecule has 2 aromatic rings. The summed E-state index contributed by atoms with van der Waals surface area (Å²) < 4.78 is 13.6. The molecule has 1 fully saturated rings. The molecule has 2 aromatic carbocycles. The van der Waals surface area contributed by atoms with Gasteiger partial charge in [-0.2, -0.15) is 0 Å². The second-order valence-corrected chi connectivity index (χ2v) is 6.54. The van der Waals surface area contributed by atoms with E-state index in [4.69, 9.17) is 0 Å². The Morgan fingerprint density at radius 1 is 1.04 bits per heavy atom. The summed E-state index contributed by atoms with van der Waals surface area (Å²) in [6, 6.07) is 13.1. The third kappa shape index (κ3) is 2.80. The van der Waals surface area contributed by atoms with Crippen LogP contribution in [0.25, 0.3) is 0 Å². The number of carbonyl (C=O) groups excluding carboxylic acids is 2. The lowest BCUT2D eigenvalue weighted by Crippen LogP contribution is -2.47. The molecular formula is C20H19FN2O2. The van der Waals surface area contributed by atoms with Gasteiger partial charge >= 0.3 is 0 Å². The van der Waals surface area contributed by atoms with Gasteiger partial charge in [0.05, 0.1) is 0 Å². The lowest BCUT2D eigenvalue weighted by Gasteiger charge is -2.28. The van der Waals surface area contributed by atoms with Crippen molar-refractivity contribution in [2.24, 2.45) is 0 Å². The van der Waals surface area contributed by atoms with Crippen LogP contribution >= 0.6 is 0 Å². The number of halogens is 1. The fourth-order valence-electron chi connectivity index (χ4n) is 3.77. The molecule has 2 aliphatic heterocycles. The highest BCUT2D eigenvalue weighted by molar-refractivity contribution is 6.03. The molecule has 1 atom stereocenters. The zero-order valence-corrected chi connectivity index (χ0v) is 13.8. The van der Waals surface area contributed by atoms with Crippen molar-refractivity contribution < 1.29 is 14.0 Å². The van der Waals surface area contributed by atoms with E-state index < -0.39 is 6.04 Å². The number of nitrogens with zero attached hydrogens (tertiary/aromatic N) is 2. The number of amides is 2. The minimum absolute atomic E-state index is 0.105. The summed E-state index contributed by atoms with van der Waals surface area (Å²) >= 11 is 0. The minimum atomic E-state index is -0.470. The van der Waals surface area contributed by atoms with Crippen molar-refractivity contribution in [1.82, 2.24) is 4.90 Å². The molecule has 0 spiro atoms. The van der Waals surface area contributed by atoms with Crippen molar-refractivity contribution in [2.45, 2.75) is 25.3 Å². The van der Waals surface area contributed by atoms with Gasteiger partial charge in [-0.05, 0) is 49.1 Å². The quantitative estimate of drug-likeness (QED) is 0.844. The second-order valence-electron chi connectivity index (χ2n) is 6.54. The summed E-state index contributed by atoms with van der Waals surface area (Å²) in [5.74, 6) is -0.566.